The second-order valence-corrected chi connectivity index (χ2v) is 6.86. The van der Waals surface area contributed by atoms with Gasteiger partial charge in [0.05, 0.1) is 5.02 Å². The standard InChI is InChI=1S/C11H17ClN4O2S/c1-16-4-2-8(3-5-16)15-19(17,18)9-6-10(12)11(13)14-7-9/h6-8,15H,2-5H2,1H3,(H2,13,14). The summed E-state index contributed by atoms with van der Waals surface area (Å²) in [6, 6.07) is 1.28. The summed E-state index contributed by atoms with van der Waals surface area (Å²) < 4.78 is 27.0. The van der Waals surface area contributed by atoms with Gasteiger partial charge in [-0.15, -0.1) is 0 Å². The molecular weight excluding hydrogens is 288 g/mol. The molecule has 1 aromatic rings. The Kier molecular flexibility index (Phi) is 4.29. The Bertz CT molecular complexity index is 556. The van der Waals surface area contributed by atoms with Gasteiger partial charge in [0.1, 0.15) is 10.7 Å². The van der Waals surface area contributed by atoms with Crippen molar-refractivity contribution in [2.24, 2.45) is 0 Å². The first-order valence-corrected chi connectivity index (χ1v) is 7.86. The van der Waals surface area contributed by atoms with E-state index in [1.54, 1.807) is 0 Å². The minimum Gasteiger partial charge on any atom is -0.382 e. The normalized spacial score (nSPS) is 18.6. The number of halogens is 1. The van der Waals surface area contributed by atoms with Crippen molar-refractivity contribution in [1.29, 1.82) is 0 Å². The van der Waals surface area contributed by atoms with Crippen LogP contribution in [0.25, 0.3) is 0 Å². The number of likely N-dealkylation sites (tertiary alicyclic amines) is 1. The third-order valence-electron chi connectivity index (χ3n) is 3.20. The number of piperidine rings is 1. The van der Waals surface area contributed by atoms with Gasteiger partial charge < -0.3 is 10.6 Å². The Hall–Kier alpha value is -0.890. The van der Waals surface area contributed by atoms with Gasteiger partial charge in [0.15, 0.2) is 0 Å². The molecule has 0 atom stereocenters. The second kappa shape index (κ2) is 5.62. The van der Waals surface area contributed by atoms with Gasteiger partial charge in [-0.3, -0.25) is 0 Å². The number of sulfonamides is 1. The van der Waals surface area contributed by atoms with Crippen LogP contribution in [-0.4, -0.2) is 44.5 Å². The zero-order valence-electron chi connectivity index (χ0n) is 10.6. The third-order valence-corrected chi connectivity index (χ3v) is 4.99. The van der Waals surface area contributed by atoms with Crippen molar-refractivity contribution in [1.82, 2.24) is 14.6 Å². The molecule has 8 heteroatoms. The third kappa shape index (κ3) is 3.56. The molecule has 0 unspecified atom stereocenters. The van der Waals surface area contributed by atoms with Gasteiger partial charge in [0.2, 0.25) is 10.0 Å². The number of anilines is 1. The van der Waals surface area contributed by atoms with Gasteiger partial charge in [0, 0.05) is 12.2 Å². The Morgan fingerprint density at radius 1 is 1.47 bits per heavy atom. The lowest BCUT2D eigenvalue weighted by Crippen LogP contribution is -2.43. The number of nitrogens with two attached hydrogens (primary N) is 1. The summed E-state index contributed by atoms with van der Waals surface area (Å²) in [7, 11) is -1.57. The maximum atomic E-state index is 12.2. The van der Waals surface area contributed by atoms with Gasteiger partial charge in [-0.25, -0.2) is 18.1 Å². The van der Waals surface area contributed by atoms with E-state index >= 15 is 0 Å². The Balaban J connectivity index is 2.11. The first-order chi connectivity index (χ1) is 8.88. The Morgan fingerprint density at radius 3 is 2.68 bits per heavy atom. The Labute approximate surface area is 118 Å². The number of nitrogen functional groups attached to an aromatic ring is 1. The minimum atomic E-state index is -3.59. The van der Waals surface area contributed by atoms with Gasteiger partial charge in [-0.1, -0.05) is 11.6 Å². The molecule has 1 aliphatic rings. The van der Waals surface area contributed by atoms with Crippen molar-refractivity contribution in [2.45, 2.75) is 23.8 Å². The summed E-state index contributed by atoms with van der Waals surface area (Å²) in [5.41, 5.74) is 5.47. The molecule has 0 saturated carbocycles. The fourth-order valence-corrected chi connectivity index (χ4v) is 3.50. The topological polar surface area (TPSA) is 88.3 Å². The van der Waals surface area contributed by atoms with Crippen LogP contribution in [0.5, 0.6) is 0 Å². The largest absolute Gasteiger partial charge is 0.382 e. The molecule has 0 aromatic carbocycles. The van der Waals surface area contributed by atoms with E-state index in [0.29, 0.717) is 0 Å². The molecule has 1 fully saturated rings. The molecule has 2 rings (SSSR count). The maximum absolute atomic E-state index is 12.2. The average Bonchev–Trinajstić information content (AvgIpc) is 2.35. The highest BCUT2D eigenvalue weighted by Crippen LogP contribution is 2.20. The number of rotatable bonds is 3. The quantitative estimate of drug-likeness (QED) is 0.858. The monoisotopic (exact) mass is 304 g/mol. The molecule has 1 saturated heterocycles. The molecule has 106 valence electrons. The van der Waals surface area contributed by atoms with Crippen LogP contribution in [0.1, 0.15) is 12.8 Å². The number of hydrogen-bond acceptors (Lipinski definition) is 5. The lowest BCUT2D eigenvalue weighted by molar-refractivity contribution is 0.248. The summed E-state index contributed by atoms with van der Waals surface area (Å²) in [5.74, 6) is 0.125. The summed E-state index contributed by atoms with van der Waals surface area (Å²) >= 11 is 5.80. The first kappa shape index (κ1) is 14.5. The fraction of sp³-hybridized carbons (Fsp3) is 0.545. The fourth-order valence-electron chi connectivity index (χ4n) is 1.99. The van der Waals surface area contributed by atoms with E-state index in [9.17, 15) is 8.42 Å². The predicted molar refractivity (Wildman–Crippen MR) is 74.5 cm³/mol. The van der Waals surface area contributed by atoms with Gasteiger partial charge in [0.25, 0.3) is 0 Å². The van der Waals surface area contributed by atoms with Crippen molar-refractivity contribution >= 4 is 27.4 Å². The summed E-state index contributed by atoms with van der Waals surface area (Å²) in [4.78, 5) is 5.99. The molecule has 19 heavy (non-hydrogen) atoms. The van der Waals surface area contributed by atoms with Crippen LogP contribution in [0, 0.1) is 0 Å². The van der Waals surface area contributed by atoms with Crippen molar-refractivity contribution in [2.75, 3.05) is 25.9 Å². The average molecular weight is 305 g/mol. The molecule has 2 heterocycles. The van der Waals surface area contributed by atoms with Crippen LogP contribution in [0.15, 0.2) is 17.2 Å². The van der Waals surface area contributed by atoms with Gasteiger partial charge in [-0.05, 0) is 39.0 Å². The van der Waals surface area contributed by atoms with Crippen LogP contribution in [-0.2, 0) is 10.0 Å². The first-order valence-electron chi connectivity index (χ1n) is 6.00. The van der Waals surface area contributed by atoms with E-state index < -0.39 is 10.0 Å². The lowest BCUT2D eigenvalue weighted by Gasteiger charge is -2.29. The Morgan fingerprint density at radius 2 is 2.11 bits per heavy atom. The number of aromatic nitrogens is 1. The smallest absolute Gasteiger partial charge is 0.242 e. The molecule has 3 N–H and O–H groups in total. The molecule has 0 bridgehead atoms. The van der Waals surface area contributed by atoms with Crippen LogP contribution in [0.4, 0.5) is 5.82 Å². The highest BCUT2D eigenvalue weighted by Gasteiger charge is 2.24. The van der Waals surface area contributed by atoms with Crippen LogP contribution in [0.3, 0.4) is 0 Å². The second-order valence-electron chi connectivity index (χ2n) is 4.74. The van der Waals surface area contributed by atoms with E-state index in [4.69, 9.17) is 17.3 Å². The SMILES string of the molecule is CN1CCC(NS(=O)(=O)c2cnc(N)c(Cl)c2)CC1. The van der Waals surface area contributed by atoms with Gasteiger partial charge in [-0.2, -0.15) is 0 Å². The van der Waals surface area contributed by atoms with E-state index in [2.05, 4.69) is 14.6 Å². The minimum absolute atomic E-state index is 0.0440. The molecule has 0 aliphatic carbocycles. The zero-order chi connectivity index (χ0) is 14.0. The van der Waals surface area contributed by atoms with E-state index in [1.165, 1.54) is 12.3 Å². The number of nitrogens with one attached hydrogen (secondary N) is 1. The van der Waals surface area contributed by atoms with E-state index in [-0.39, 0.29) is 21.8 Å². The summed E-state index contributed by atoms with van der Waals surface area (Å²) in [6.07, 6.45) is 2.82. The van der Waals surface area contributed by atoms with E-state index in [0.717, 1.165) is 25.9 Å². The molecule has 0 amide bonds. The lowest BCUT2D eigenvalue weighted by atomic mass is 10.1. The highest BCUT2D eigenvalue weighted by molar-refractivity contribution is 7.89. The predicted octanol–water partition coefficient (Wildman–Crippen LogP) is 0.690. The number of pyridine rings is 1. The van der Waals surface area contributed by atoms with Crippen LogP contribution < -0.4 is 10.5 Å². The van der Waals surface area contributed by atoms with Crippen LogP contribution in [0.2, 0.25) is 5.02 Å². The van der Waals surface area contributed by atoms with Crippen molar-refractivity contribution in [3.63, 3.8) is 0 Å². The van der Waals surface area contributed by atoms with E-state index in [1.807, 2.05) is 7.05 Å². The van der Waals surface area contributed by atoms with Gasteiger partial charge >= 0.3 is 0 Å². The molecule has 0 spiro atoms. The molecule has 6 nitrogen and oxygen atoms in total. The maximum Gasteiger partial charge on any atom is 0.242 e. The van der Waals surface area contributed by atoms with Crippen LogP contribution >= 0.6 is 11.6 Å². The summed E-state index contributed by atoms with van der Waals surface area (Å²) in [6.45, 7) is 1.77. The van der Waals surface area contributed by atoms with Crippen molar-refractivity contribution in [3.05, 3.63) is 17.3 Å². The number of nitrogens with zero attached hydrogens (tertiary/aromatic N) is 2. The van der Waals surface area contributed by atoms with Crippen molar-refractivity contribution < 1.29 is 8.42 Å². The molecular formula is C11H17ClN4O2S. The van der Waals surface area contributed by atoms with Crippen molar-refractivity contribution in [3.8, 4) is 0 Å². The molecule has 1 aromatic heterocycles. The highest BCUT2D eigenvalue weighted by atomic mass is 35.5. The molecule has 1 aliphatic heterocycles. The summed E-state index contributed by atoms with van der Waals surface area (Å²) in [5, 5.41) is 0.145. The molecule has 0 radical (unpaired) electrons. The zero-order valence-corrected chi connectivity index (χ0v) is 12.2. The number of hydrogen-bond donors (Lipinski definition) is 2.